The molecule has 28 heavy (non-hydrogen) atoms. The first kappa shape index (κ1) is 20.6. The molecule has 0 saturated carbocycles. The summed E-state index contributed by atoms with van der Waals surface area (Å²) in [7, 11) is 0. The maximum Gasteiger partial charge on any atom is 0.234 e. The van der Waals surface area contributed by atoms with Crippen LogP contribution in [0.1, 0.15) is 36.8 Å². The fraction of sp³-hybridized carbons (Fsp3) is 0.381. The van der Waals surface area contributed by atoms with Crippen LogP contribution in [0.4, 0.5) is 5.69 Å². The van der Waals surface area contributed by atoms with Crippen molar-refractivity contribution in [2.45, 2.75) is 52.2 Å². The van der Waals surface area contributed by atoms with Crippen molar-refractivity contribution < 1.29 is 4.79 Å². The molecule has 0 spiro atoms. The van der Waals surface area contributed by atoms with Crippen LogP contribution in [0.5, 0.6) is 0 Å². The number of carbonyl (C=O) groups excluding carboxylic acids is 1. The third kappa shape index (κ3) is 4.47. The Labute approximate surface area is 174 Å². The molecule has 0 atom stereocenters. The van der Waals surface area contributed by atoms with Crippen LogP contribution in [-0.2, 0) is 24.2 Å². The topological polar surface area (TPSA) is 59.8 Å². The van der Waals surface area contributed by atoms with Gasteiger partial charge in [-0.3, -0.25) is 4.79 Å². The van der Waals surface area contributed by atoms with E-state index in [2.05, 4.69) is 77.4 Å². The molecule has 1 N–H and O–H groups in total. The maximum atomic E-state index is 12.6. The Hall–Kier alpha value is -2.12. The summed E-state index contributed by atoms with van der Waals surface area (Å²) < 4.78 is 2.07. The number of aryl methyl sites for hydroxylation is 3. The lowest BCUT2D eigenvalue weighted by Crippen LogP contribution is -2.17. The van der Waals surface area contributed by atoms with Gasteiger partial charge in [-0.1, -0.05) is 43.8 Å². The zero-order valence-corrected chi connectivity index (χ0v) is 18.4. The number of hydrogen-bond acceptors (Lipinski definition) is 5. The second-order valence-corrected chi connectivity index (χ2v) is 8.55. The summed E-state index contributed by atoms with van der Waals surface area (Å²) in [6.07, 6.45) is 1.79. The number of amides is 1. The quantitative estimate of drug-likeness (QED) is 0.515. The van der Waals surface area contributed by atoms with E-state index in [4.69, 9.17) is 0 Å². The number of thioether (sulfide) groups is 1. The first-order valence-electron chi connectivity index (χ1n) is 9.59. The van der Waals surface area contributed by atoms with Crippen LogP contribution in [0.25, 0.3) is 11.4 Å². The van der Waals surface area contributed by atoms with Gasteiger partial charge in [-0.2, -0.15) is 0 Å². The van der Waals surface area contributed by atoms with E-state index in [0.29, 0.717) is 5.75 Å². The lowest BCUT2D eigenvalue weighted by atomic mass is 10.0. The minimum atomic E-state index is -0.0146. The van der Waals surface area contributed by atoms with Gasteiger partial charge in [0.1, 0.15) is 0 Å². The molecule has 7 heteroatoms. The molecule has 1 amide bonds. The highest BCUT2D eigenvalue weighted by molar-refractivity contribution is 7.99. The summed E-state index contributed by atoms with van der Waals surface area (Å²) in [4.78, 5) is 13.9. The van der Waals surface area contributed by atoms with Gasteiger partial charge in [0.15, 0.2) is 11.0 Å². The number of carbonyl (C=O) groups is 1. The van der Waals surface area contributed by atoms with Crippen molar-refractivity contribution in [1.29, 1.82) is 0 Å². The Morgan fingerprint density at radius 2 is 1.89 bits per heavy atom. The zero-order valence-electron chi connectivity index (χ0n) is 16.8. The van der Waals surface area contributed by atoms with Crippen molar-refractivity contribution in [3.05, 3.63) is 45.6 Å². The van der Waals surface area contributed by atoms with E-state index in [1.54, 1.807) is 11.3 Å². The van der Waals surface area contributed by atoms with Gasteiger partial charge in [0, 0.05) is 28.1 Å². The van der Waals surface area contributed by atoms with Crippen molar-refractivity contribution in [3.63, 3.8) is 0 Å². The number of anilines is 1. The molecule has 1 aromatic carbocycles. The van der Waals surface area contributed by atoms with Crippen molar-refractivity contribution in [2.75, 3.05) is 11.1 Å². The first-order chi connectivity index (χ1) is 13.6. The second-order valence-electron chi connectivity index (χ2n) is 6.49. The maximum absolute atomic E-state index is 12.6. The average Bonchev–Trinajstić information content (AvgIpc) is 3.31. The highest BCUT2D eigenvalue weighted by Crippen LogP contribution is 2.28. The van der Waals surface area contributed by atoms with E-state index in [1.165, 1.54) is 27.8 Å². The van der Waals surface area contributed by atoms with Crippen LogP contribution in [0, 0.1) is 6.92 Å². The van der Waals surface area contributed by atoms with Crippen LogP contribution in [0.2, 0.25) is 0 Å². The van der Waals surface area contributed by atoms with Crippen molar-refractivity contribution in [1.82, 2.24) is 14.8 Å². The normalized spacial score (nSPS) is 11.0. The van der Waals surface area contributed by atoms with Crippen molar-refractivity contribution in [3.8, 4) is 11.4 Å². The Kier molecular flexibility index (Phi) is 6.91. The number of para-hydroxylation sites is 1. The van der Waals surface area contributed by atoms with Gasteiger partial charge in [0.25, 0.3) is 0 Å². The van der Waals surface area contributed by atoms with Crippen LogP contribution in [0.3, 0.4) is 0 Å². The summed E-state index contributed by atoms with van der Waals surface area (Å²) in [5.74, 6) is 1.15. The highest BCUT2D eigenvalue weighted by atomic mass is 32.2. The number of benzene rings is 1. The molecule has 0 aliphatic carbocycles. The molecule has 0 fully saturated rings. The van der Waals surface area contributed by atoms with E-state index in [9.17, 15) is 4.79 Å². The third-order valence-corrected chi connectivity index (χ3v) is 6.45. The number of nitrogens with one attached hydrogen (secondary N) is 1. The van der Waals surface area contributed by atoms with Crippen molar-refractivity contribution in [2.24, 2.45) is 0 Å². The van der Waals surface area contributed by atoms with E-state index in [-0.39, 0.29) is 5.91 Å². The number of hydrogen-bond donors (Lipinski definition) is 1. The summed E-state index contributed by atoms with van der Waals surface area (Å²) in [5, 5.41) is 14.7. The summed E-state index contributed by atoms with van der Waals surface area (Å²) in [6.45, 7) is 9.13. The second kappa shape index (κ2) is 9.39. The average molecular weight is 415 g/mol. The van der Waals surface area contributed by atoms with E-state index >= 15 is 0 Å². The van der Waals surface area contributed by atoms with E-state index in [1.807, 2.05) is 0 Å². The van der Waals surface area contributed by atoms with Crippen molar-refractivity contribution >= 4 is 34.7 Å². The van der Waals surface area contributed by atoms with Gasteiger partial charge in [0.2, 0.25) is 5.91 Å². The molecule has 3 rings (SSSR count). The Bertz CT molecular complexity index is 939. The first-order valence-corrected chi connectivity index (χ1v) is 11.5. The number of nitrogens with zero attached hydrogens (tertiary/aromatic N) is 3. The molecule has 0 unspecified atom stereocenters. The van der Waals surface area contributed by atoms with Gasteiger partial charge < -0.3 is 9.88 Å². The van der Waals surface area contributed by atoms with Gasteiger partial charge in [0.05, 0.1) is 5.75 Å². The monoisotopic (exact) mass is 414 g/mol. The van der Waals surface area contributed by atoms with Gasteiger partial charge >= 0.3 is 0 Å². The van der Waals surface area contributed by atoms with Gasteiger partial charge in [-0.15, -0.1) is 21.5 Å². The van der Waals surface area contributed by atoms with Gasteiger partial charge in [-0.25, -0.2) is 0 Å². The largest absolute Gasteiger partial charge is 0.325 e. The zero-order chi connectivity index (χ0) is 20.1. The van der Waals surface area contributed by atoms with Crippen LogP contribution < -0.4 is 5.32 Å². The van der Waals surface area contributed by atoms with Crippen LogP contribution in [-0.4, -0.2) is 26.4 Å². The van der Waals surface area contributed by atoms with Crippen LogP contribution >= 0.6 is 23.1 Å². The predicted molar refractivity (Wildman–Crippen MR) is 118 cm³/mol. The molecule has 0 aliphatic heterocycles. The predicted octanol–water partition coefficient (Wildman–Crippen LogP) is 5.19. The molecule has 2 aromatic heterocycles. The van der Waals surface area contributed by atoms with E-state index < -0.39 is 0 Å². The number of thiophene rings is 1. The molecule has 2 heterocycles. The molecule has 0 radical (unpaired) electrons. The third-order valence-electron chi connectivity index (χ3n) is 4.62. The number of aromatic nitrogens is 3. The molecular weight excluding hydrogens is 388 g/mol. The number of rotatable bonds is 8. The standard InChI is InChI=1S/C21H26N4OS2/c1-5-15-9-8-10-16(6-2)19(15)22-18(26)13-28-21-24-23-20(25(21)7-3)17-11-14(4)27-12-17/h8-12H,5-7,13H2,1-4H3,(H,22,26). The minimum Gasteiger partial charge on any atom is -0.325 e. The fourth-order valence-electron chi connectivity index (χ4n) is 3.16. The van der Waals surface area contributed by atoms with Crippen LogP contribution in [0.15, 0.2) is 34.8 Å². The fourth-order valence-corrected chi connectivity index (χ4v) is 4.65. The minimum absolute atomic E-state index is 0.0146. The molecule has 5 nitrogen and oxygen atoms in total. The Morgan fingerprint density at radius 1 is 1.18 bits per heavy atom. The molecule has 3 aromatic rings. The Balaban J connectivity index is 1.71. The Morgan fingerprint density at radius 3 is 2.46 bits per heavy atom. The summed E-state index contributed by atoms with van der Waals surface area (Å²) in [6, 6.07) is 8.32. The SMILES string of the molecule is CCc1cccc(CC)c1NC(=O)CSc1nnc(-c2csc(C)c2)n1CC. The summed E-state index contributed by atoms with van der Waals surface area (Å²) >= 11 is 3.13. The smallest absolute Gasteiger partial charge is 0.234 e. The van der Waals surface area contributed by atoms with E-state index in [0.717, 1.165) is 41.6 Å². The van der Waals surface area contributed by atoms with Gasteiger partial charge in [-0.05, 0) is 43.9 Å². The highest BCUT2D eigenvalue weighted by Gasteiger charge is 2.16. The summed E-state index contributed by atoms with van der Waals surface area (Å²) in [5.41, 5.74) is 4.39. The molecule has 0 bridgehead atoms. The molecular formula is C21H26N4OS2. The molecule has 0 saturated heterocycles. The molecule has 148 valence electrons. The lowest BCUT2D eigenvalue weighted by molar-refractivity contribution is -0.113. The lowest BCUT2D eigenvalue weighted by Gasteiger charge is -2.14. The molecule has 0 aliphatic rings.